The van der Waals surface area contributed by atoms with E-state index in [1.54, 1.807) is 7.11 Å². The minimum absolute atomic E-state index is 0.0427. The first-order chi connectivity index (χ1) is 13.6. The summed E-state index contributed by atoms with van der Waals surface area (Å²) < 4.78 is 5.52. The van der Waals surface area contributed by atoms with E-state index in [2.05, 4.69) is 47.2 Å². The van der Waals surface area contributed by atoms with Gasteiger partial charge in [-0.3, -0.25) is 14.6 Å². The van der Waals surface area contributed by atoms with Crippen molar-refractivity contribution >= 4 is 5.91 Å². The average Bonchev–Trinajstić information content (AvgIpc) is 2.97. The number of carbonyl (C=O) groups is 1. The van der Waals surface area contributed by atoms with Gasteiger partial charge in [0.1, 0.15) is 5.75 Å². The Balaban J connectivity index is 1.47. The third-order valence-corrected chi connectivity index (χ3v) is 6.37. The lowest BCUT2D eigenvalue weighted by Crippen LogP contribution is -2.54. The van der Waals surface area contributed by atoms with Gasteiger partial charge >= 0.3 is 0 Å². The summed E-state index contributed by atoms with van der Waals surface area (Å²) in [6.45, 7) is 8.93. The number of hydrogen-bond acceptors (Lipinski definition) is 4. The predicted octanol–water partition coefficient (Wildman–Crippen LogP) is 3.35. The molecule has 156 valence electrons. The highest BCUT2D eigenvalue weighted by Gasteiger charge is 2.27. The number of hydrogen-bond donors (Lipinski definition) is 1. The third kappa shape index (κ3) is 5.71. The third-order valence-electron chi connectivity index (χ3n) is 6.37. The van der Waals surface area contributed by atoms with Crippen LogP contribution < -0.4 is 10.1 Å². The number of ether oxygens (including phenoxy) is 1. The highest BCUT2D eigenvalue weighted by Crippen LogP contribution is 2.22. The van der Waals surface area contributed by atoms with E-state index in [0.717, 1.165) is 51.3 Å². The first-order valence-corrected chi connectivity index (χ1v) is 11.0. The minimum atomic E-state index is -0.0427. The van der Waals surface area contributed by atoms with Crippen LogP contribution in [0.5, 0.6) is 5.75 Å². The summed E-state index contributed by atoms with van der Waals surface area (Å²) in [5, 5.41) is 3.32. The molecule has 1 aliphatic carbocycles. The maximum atomic E-state index is 12.7. The molecule has 3 rings (SSSR count). The summed E-state index contributed by atoms with van der Waals surface area (Å²) in [7, 11) is 1.74. The van der Waals surface area contributed by atoms with Crippen LogP contribution in [0.4, 0.5) is 0 Å². The molecule has 1 N–H and O–H groups in total. The van der Waals surface area contributed by atoms with Crippen LogP contribution in [-0.4, -0.2) is 61.1 Å². The van der Waals surface area contributed by atoms with Gasteiger partial charge in [-0.1, -0.05) is 43.4 Å². The van der Waals surface area contributed by atoms with Gasteiger partial charge in [-0.2, -0.15) is 0 Å². The van der Waals surface area contributed by atoms with E-state index in [0.29, 0.717) is 6.04 Å². The normalized spacial score (nSPS) is 21.1. The molecule has 1 aliphatic heterocycles. The second-order valence-electron chi connectivity index (χ2n) is 8.50. The van der Waals surface area contributed by atoms with Crippen molar-refractivity contribution in [1.29, 1.82) is 0 Å². The van der Waals surface area contributed by atoms with Crippen molar-refractivity contribution < 1.29 is 9.53 Å². The van der Waals surface area contributed by atoms with Crippen LogP contribution in [-0.2, 0) is 11.3 Å². The zero-order valence-corrected chi connectivity index (χ0v) is 17.9. The molecular weight excluding hydrogens is 350 g/mol. The molecule has 2 aliphatic rings. The molecule has 1 heterocycles. The lowest BCUT2D eigenvalue weighted by atomic mass is 10.1. The highest BCUT2D eigenvalue weighted by atomic mass is 16.5. The molecule has 0 radical (unpaired) electrons. The highest BCUT2D eigenvalue weighted by molar-refractivity contribution is 5.81. The van der Waals surface area contributed by atoms with E-state index in [-0.39, 0.29) is 11.9 Å². The predicted molar refractivity (Wildman–Crippen MR) is 114 cm³/mol. The molecule has 1 aromatic carbocycles. The number of carbonyl (C=O) groups excluding carboxylic acids is 1. The Labute approximate surface area is 170 Å². The maximum Gasteiger partial charge on any atom is 0.237 e. The van der Waals surface area contributed by atoms with E-state index in [9.17, 15) is 4.79 Å². The Hall–Kier alpha value is -1.59. The lowest BCUT2D eigenvalue weighted by Gasteiger charge is -2.38. The van der Waals surface area contributed by atoms with Gasteiger partial charge in [-0.05, 0) is 32.8 Å². The summed E-state index contributed by atoms with van der Waals surface area (Å²) in [5.74, 6) is 1.17. The average molecular weight is 388 g/mol. The molecule has 28 heavy (non-hydrogen) atoms. The number of aryl methyl sites for hydroxylation is 1. The van der Waals surface area contributed by atoms with Crippen LogP contribution >= 0.6 is 0 Å². The topological polar surface area (TPSA) is 44.8 Å². The summed E-state index contributed by atoms with van der Waals surface area (Å²) in [4.78, 5) is 17.5. The number of piperazine rings is 1. The second-order valence-corrected chi connectivity index (χ2v) is 8.50. The van der Waals surface area contributed by atoms with Crippen LogP contribution in [0.15, 0.2) is 18.2 Å². The fourth-order valence-corrected chi connectivity index (χ4v) is 4.49. The summed E-state index contributed by atoms with van der Waals surface area (Å²) in [6.07, 6.45) is 7.42. The van der Waals surface area contributed by atoms with Crippen molar-refractivity contribution in [3.8, 4) is 5.75 Å². The van der Waals surface area contributed by atoms with Gasteiger partial charge in [-0.25, -0.2) is 0 Å². The summed E-state index contributed by atoms with van der Waals surface area (Å²) >= 11 is 0. The molecule has 2 fully saturated rings. The Bertz CT molecular complexity index is 633. The Kier molecular flexibility index (Phi) is 7.74. The first kappa shape index (κ1) is 21.1. The fraction of sp³-hybridized carbons (Fsp3) is 0.696. The second kappa shape index (κ2) is 10.3. The molecule has 0 aromatic heterocycles. The lowest BCUT2D eigenvalue weighted by molar-refractivity contribution is -0.127. The molecule has 1 saturated carbocycles. The van der Waals surface area contributed by atoms with E-state index in [1.165, 1.54) is 36.8 Å². The quantitative estimate of drug-likeness (QED) is 0.761. The number of benzene rings is 1. The van der Waals surface area contributed by atoms with Gasteiger partial charge in [0, 0.05) is 44.3 Å². The number of amides is 1. The Morgan fingerprint density at radius 1 is 1.14 bits per heavy atom. The largest absolute Gasteiger partial charge is 0.496 e. The molecule has 5 nitrogen and oxygen atoms in total. The first-order valence-electron chi connectivity index (χ1n) is 11.0. The van der Waals surface area contributed by atoms with Crippen LogP contribution in [0.3, 0.4) is 0 Å². The standard InChI is InChI=1S/C23H37N3O2/c1-18-10-11-22(28-3)20(16-18)17-25-12-14-26(15-13-25)19(2)23(27)24-21-8-6-4-5-7-9-21/h10-11,16,19,21H,4-9,12-15,17H2,1-3H3,(H,24,27)/t19-/m1/s1. The summed E-state index contributed by atoms with van der Waals surface area (Å²) in [6, 6.07) is 6.70. The molecule has 0 bridgehead atoms. The Morgan fingerprint density at radius 3 is 2.46 bits per heavy atom. The van der Waals surface area contributed by atoms with Crippen molar-refractivity contribution in [2.45, 2.75) is 71.0 Å². The van der Waals surface area contributed by atoms with Crippen molar-refractivity contribution in [3.63, 3.8) is 0 Å². The van der Waals surface area contributed by atoms with Crippen molar-refractivity contribution in [2.75, 3.05) is 33.3 Å². The molecule has 1 amide bonds. The monoisotopic (exact) mass is 387 g/mol. The Morgan fingerprint density at radius 2 is 1.82 bits per heavy atom. The number of rotatable bonds is 6. The maximum absolute atomic E-state index is 12.7. The minimum Gasteiger partial charge on any atom is -0.496 e. The fourth-order valence-electron chi connectivity index (χ4n) is 4.49. The SMILES string of the molecule is COc1ccc(C)cc1CN1CCN([C@H](C)C(=O)NC2CCCCCC2)CC1. The zero-order valence-electron chi connectivity index (χ0n) is 17.9. The molecule has 0 spiro atoms. The van der Waals surface area contributed by atoms with Crippen LogP contribution in [0.2, 0.25) is 0 Å². The smallest absolute Gasteiger partial charge is 0.237 e. The molecule has 1 aromatic rings. The van der Waals surface area contributed by atoms with Crippen molar-refractivity contribution in [2.24, 2.45) is 0 Å². The molecule has 1 saturated heterocycles. The van der Waals surface area contributed by atoms with E-state index in [4.69, 9.17) is 4.74 Å². The van der Waals surface area contributed by atoms with Crippen LogP contribution in [0.1, 0.15) is 56.6 Å². The molecular formula is C23H37N3O2. The van der Waals surface area contributed by atoms with Gasteiger partial charge in [0.05, 0.1) is 13.2 Å². The number of nitrogens with zero attached hydrogens (tertiary/aromatic N) is 2. The van der Waals surface area contributed by atoms with Gasteiger partial charge in [0.2, 0.25) is 5.91 Å². The van der Waals surface area contributed by atoms with Gasteiger partial charge in [0.15, 0.2) is 0 Å². The van der Waals surface area contributed by atoms with Crippen LogP contribution in [0, 0.1) is 6.92 Å². The van der Waals surface area contributed by atoms with Gasteiger partial charge in [-0.15, -0.1) is 0 Å². The van der Waals surface area contributed by atoms with Gasteiger partial charge in [0.25, 0.3) is 0 Å². The molecule has 5 heteroatoms. The van der Waals surface area contributed by atoms with Crippen molar-refractivity contribution in [3.05, 3.63) is 29.3 Å². The van der Waals surface area contributed by atoms with E-state index < -0.39 is 0 Å². The number of methoxy groups -OCH3 is 1. The molecule has 1 atom stereocenters. The van der Waals surface area contributed by atoms with Crippen LogP contribution in [0.25, 0.3) is 0 Å². The van der Waals surface area contributed by atoms with E-state index in [1.807, 2.05) is 0 Å². The number of nitrogens with one attached hydrogen (secondary N) is 1. The molecule has 0 unspecified atom stereocenters. The zero-order chi connectivity index (χ0) is 19.9. The van der Waals surface area contributed by atoms with Gasteiger partial charge < -0.3 is 10.1 Å². The van der Waals surface area contributed by atoms with E-state index >= 15 is 0 Å². The van der Waals surface area contributed by atoms with Crippen molar-refractivity contribution in [1.82, 2.24) is 15.1 Å². The summed E-state index contributed by atoms with van der Waals surface area (Å²) in [5.41, 5.74) is 2.51.